The Balaban J connectivity index is 1.98. The van der Waals surface area contributed by atoms with Gasteiger partial charge in [-0.2, -0.15) is 0 Å². The molecular weight excluding hydrogens is 386 g/mol. The summed E-state index contributed by atoms with van der Waals surface area (Å²) in [6, 6.07) is 9.28. The summed E-state index contributed by atoms with van der Waals surface area (Å²) in [7, 11) is -3.71. The number of hydrogen-bond acceptors (Lipinski definition) is 3. The molecule has 5 nitrogen and oxygen atoms in total. The summed E-state index contributed by atoms with van der Waals surface area (Å²) in [6.07, 6.45) is 1.14. The predicted octanol–water partition coefficient (Wildman–Crippen LogP) is 3.80. The molecule has 2 aromatic rings. The zero-order valence-electron chi connectivity index (χ0n) is 13.9. The van der Waals surface area contributed by atoms with Crippen molar-refractivity contribution in [2.45, 2.75) is 12.8 Å². The van der Waals surface area contributed by atoms with E-state index in [0.717, 1.165) is 16.6 Å². The first-order chi connectivity index (χ1) is 12.2. The smallest absolute Gasteiger partial charge is 0.232 e. The highest BCUT2D eigenvalue weighted by Crippen LogP contribution is 2.22. The number of para-hydroxylation sites is 1. The Morgan fingerprint density at radius 2 is 1.85 bits per heavy atom. The van der Waals surface area contributed by atoms with Crippen LogP contribution in [0.5, 0.6) is 0 Å². The molecule has 9 heteroatoms. The highest BCUT2D eigenvalue weighted by Gasteiger charge is 2.20. The van der Waals surface area contributed by atoms with Crippen LogP contribution in [-0.4, -0.2) is 27.1 Å². The summed E-state index contributed by atoms with van der Waals surface area (Å²) in [5.74, 6) is -1.66. The number of hydrogen-bond donors (Lipinski definition) is 1. The standard InChI is InChI=1S/C17H17ClF2N2O3S/c1-26(24,25)22(16-6-3-2-5-15(16)20)10-4-7-17(23)21-12-8-9-14(19)13(18)11-12/h2-3,5-6,8-9,11H,4,7,10H2,1H3,(H,21,23). The van der Waals surface area contributed by atoms with Crippen molar-refractivity contribution >= 4 is 38.9 Å². The monoisotopic (exact) mass is 402 g/mol. The second-order valence-electron chi connectivity index (χ2n) is 5.57. The minimum absolute atomic E-state index is 0.00450. The van der Waals surface area contributed by atoms with Crippen molar-refractivity contribution in [1.29, 1.82) is 0 Å². The second-order valence-corrected chi connectivity index (χ2v) is 7.88. The van der Waals surface area contributed by atoms with Gasteiger partial charge in [-0.05, 0) is 36.8 Å². The molecule has 0 heterocycles. The van der Waals surface area contributed by atoms with E-state index in [2.05, 4.69) is 5.32 Å². The minimum atomic E-state index is -3.71. The zero-order valence-corrected chi connectivity index (χ0v) is 15.4. The van der Waals surface area contributed by atoms with Crippen molar-refractivity contribution in [3.05, 3.63) is 59.1 Å². The van der Waals surface area contributed by atoms with E-state index in [0.29, 0.717) is 5.69 Å². The number of carbonyl (C=O) groups is 1. The third-order valence-corrected chi connectivity index (χ3v) is 4.96. The fourth-order valence-electron chi connectivity index (χ4n) is 2.30. The van der Waals surface area contributed by atoms with Crippen molar-refractivity contribution in [1.82, 2.24) is 0 Å². The molecule has 0 aliphatic heterocycles. The van der Waals surface area contributed by atoms with Crippen LogP contribution in [0.25, 0.3) is 0 Å². The quantitative estimate of drug-likeness (QED) is 0.766. The SMILES string of the molecule is CS(=O)(=O)N(CCCC(=O)Nc1ccc(F)c(Cl)c1)c1ccccc1F. The van der Waals surface area contributed by atoms with Crippen molar-refractivity contribution in [3.8, 4) is 0 Å². The zero-order chi connectivity index (χ0) is 19.3. The Labute approximate surface area is 155 Å². The minimum Gasteiger partial charge on any atom is -0.326 e. The molecule has 0 spiro atoms. The fraction of sp³-hybridized carbons (Fsp3) is 0.235. The molecule has 0 aliphatic carbocycles. The fourth-order valence-corrected chi connectivity index (χ4v) is 3.45. The van der Waals surface area contributed by atoms with Gasteiger partial charge in [-0.25, -0.2) is 17.2 Å². The molecule has 1 N–H and O–H groups in total. The van der Waals surface area contributed by atoms with Crippen LogP contribution in [0.4, 0.5) is 20.2 Å². The summed E-state index contributed by atoms with van der Waals surface area (Å²) in [4.78, 5) is 12.0. The summed E-state index contributed by atoms with van der Waals surface area (Å²) < 4.78 is 51.8. The predicted molar refractivity (Wildman–Crippen MR) is 97.9 cm³/mol. The van der Waals surface area contributed by atoms with Crippen LogP contribution in [0.3, 0.4) is 0 Å². The molecule has 0 bridgehead atoms. The highest BCUT2D eigenvalue weighted by atomic mass is 35.5. The van der Waals surface area contributed by atoms with Gasteiger partial charge >= 0.3 is 0 Å². The number of halogens is 3. The van der Waals surface area contributed by atoms with E-state index >= 15 is 0 Å². The van der Waals surface area contributed by atoms with Crippen LogP contribution in [0.1, 0.15) is 12.8 Å². The van der Waals surface area contributed by atoms with E-state index in [1.807, 2.05) is 0 Å². The Morgan fingerprint density at radius 1 is 1.15 bits per heavy atom. The molecule has 26 heavy (non-hydrogen) atoms. The van der Waals surface area contributed by atoms with Gasteiger partial charge in [0.1, 0.15) is 11.6 Å². The van der Waals surface area contributed by atoms with Gasteiger partial charge in [-0.1, -0.05) is 23.7 Å². The van der Waals surface area contributed by atoms with Gasteiger partial charge in [0, 0.05) is 18.7 Å². The number of sulfonamides is 1. The number of nitrogens with zero attached hydrogens (tertiary/aromatic N) is 1. The van der Waals surface area contributed by atoms with Gasteiger partial charge < -0.3 is 5.32 Å². The lowest BCUT2D eigenvalue weighted by Gasteiger charge is -2.22. The van der Waals surface area contributed by atoms with Gasteiger partial charge in [0.25, 0.3) is 0 Å². The number of amides is 1. The number of nitrogens with one attached hydrogen (secondary N) is 1. The first-order valence-electron chi connectivity index (χ1n) is 7.65. The Morgan fingerprint density at radius 3 is 2.46 bits per heavy atom. The lowest BCUT2D eigenvalue weighted by Crippen LogP contribution is -2.32. The lowest BCUT2D eigenvalue weighted by atomic mass is 10.2. The number of benzene rings is 2. The molecule has 0 fully saturated rings. The van der Waals surface area contributed by atoms with E-state index in [1.54, 1.807) is 0 Å². The van der Waals surface area contributed by atoms with Gasteiger partial charge in [0.15, 0.2) is 0 Å². The van der Waals surface area contributed by atoms with Crippen LogP contribution in [0.15, 0.2) is 42.5 Å². The van der Waals surface area contributed by atoms with Crippen molar-refractivity contribution < 1.29 is 22.0 Å². The molecule has 0 aliphatic rings. The van der Waals surface area contributed by atoms with Gasteiger partial charge in [0.05, 0.1) is 17.0 Å². The molecule has 2 aromatic carbocycles. The lowest BCUT2D eigenvalue weighted by molar-refractivity contribution is -0.116. The Kier molecular flexibility index (Phi) is 6.55. The summed E-state index contributed by atoms with van der Waals surface area (Å²) in [5, 5.41) is 2.42. The first kappa shape index (κ1) is 20.1. The van der Waals surface area contributed by atoms with E-state index in [9.17, 15) is 22.0 Å². The molecule has 2 rings (SSSR count). The molecule has 0 saturated carbocycles. The van der Waals surface area contributed by atoms with Crippen LogP contribution >= 0.6 is 11.6 Å². The summed E-state index contributed by atoms with van der Waals surface area (Å²) in [6.45, 7) is -0.0582. The van der Waals surface area contributed by atoms with E-state index < -0.39 is 27.6 Å². The normalized spacial score (nSPS) is 11.2. The molecule has 0 unspecified atom stereocenters. The van der Waals surface area contributed by atoms with E-state index in [-0.39, 0.29) is 30.1 Å². The molecule has 0 radical (unpaired) electrons. The Bertz CT molecular complexity index is 907. The maximum absolute atomic E-state index is 13.9. The summed E-state index contributed by atoms with van der Waals surface area (Å²) >= 11 is 5.64. The van der Waals surface area contributed by atoms with Crippen LogP contribution in [0, 0.1) is 11.6 Å². The van der Waals surface area contributed by atoms with Gasteiger partial charge in [-0.15, -0.1) is 0 Å². The van der Waals surface area contributed by atoms with Crippen LogP contribution in [-0.2, 0) is 14.8 Å². The number of anilines is 2. The molecule has 140 valence electrons. The molecular formula is C17H17ClF2N2O3S. The van der Waals surface area contributed by atoms with Crippen molar-refractivity contribution in [2.75, 3.05) is 22.4 Å². The van der Waals surface area contributed by atoms with Crippen LogP contribution < -0.4 is 9.62 Å². The topological polar surface area (TPSA) is 66.5 Å². The van der Waals surface area contributed by atoms with E-state index in [1.165, 1.54) is 36.4 Å². The maximum Gasteiger partial charge on any atom is 0.232 e. The van der Waals surface area contributed by atoms with Gasteiger partial charge in [0.2, 0.25) is 15.9 Å². The first-order valence-corrected chi connectivity index (χ1v) is 9.88. The molecule has 0 aromatic heterocycles. The second kappa shape index (κ2) is 8.46. The Hall–Kier alpha value is -2.19. The molecule has 0 saturated heterocycles. The summed E-state index contributed by atoms with van der Waals surface area (Å²) in [5.41, 5.74) is 0.260. The largest absolute Gasteiger partial charge is 0.326 e. The third kappa shape index (κ3) is 5.40. The molecule has 1 amide bonds. The van der Waals surface area contributed by atoms with Crippen molar-refractivity contribution in [3.63, 3.8) is 0 Å². The maximum atomic E-state index is 13.9. The van der Waals surface area contributed by atoms with E-state index in [4.69, 9.17) is 11.6 Å². The number of rotatable bonds is 7. The van der Waals surface area contributed by atoms with Crippen molar-refractivity contribution in [2.24, 2.45) is 0 Å². The average molecular weight is 403 g/mol. The molecule has 0 atom stereocenters. The van der Waals surface area contributed by atoms with Crippen LogP contribution in [0.2, 0.25) is 5.02 Å². The van der Waals surface area contributed by atoms with Gasteiger partial charge in [-0.3, -0.25) is 9.10 Å². The number of carbonyl (C=O) groups excluding carboxylic acids is 1. The highest BCUT2D eigenvalue weighted by molar-refractivity contribution is 7.92. The average Bonchev–Trinajstić information content (AvgIpc) is 2.55. The third-order valence-electron chi connectivity index (χ3n) is 3.49.